The number of benzene rings is 2. The summed E-state index contributed by atoms with van der Waals surface area (Å²) in [6.07, 6.45) is -1.40. The number of aliphatic carboxylic acids is 1. The van der Waals surface area contributed by atoms with Gasteiger partial charge in [-0.15, -0.1) is 0 Å². The number of carbonyl (C=O) groups is 2. The van der Waals surface area contributed by atoms with Crippen molar-refractivity contribution in [3.8, 4) is 0 Å². The normalized spacial score (nSPS) is 16.1. The molecule has 9 heteroatoms. The van der Waals surface area contributed by atoms with E-state index < -0.39 is 36.2 Å². The van der Waals surface area contributed by atoms with Gasteiger partial charge in [0.25, 0.3) is 0 Å². The van der Waals surface area contributed by atoms with E-state index in [2.05, 4.69) is 0 Å². The molecule has 0 spiro atoms. The van der Waals surface area contributed by atoms with Gasteiger partial charge in [0.05, 0.1) is 18.7 Å². The minimum Gasteiger partial charge on any atom is -0.481 e. The molecule has 1 heterocycles. The smallest absolute Gasteiger partial charge is 0.429 e. The van der Waals surface area contributed by atoms with Crippen LogP contribution in [-0.4, -0.2) is 35.3 Å². The van der Waals surface area contributed by atoms with Crippen molar-refractivity contribution in [2.75, 3.05) is 18.1 Å². The molecule has 1 aliphatic heterocycles. The van der Waals surface area contributed by atoms with Crippen LogP contribution in [0.5, 0.6) is 0 Å². The largest absolute Gasteiger partial charge is 0.481 e. The lowest BCUT2D eigenvalue weighted by Crippen LogP contribution is -2.44. The number of carboxylic acid groups (broad SMARTS) is 1. The van der Waals surface area contributed by atoms with E-state index in [1.54, 1.807) is 24.3 Å². The second kappa shape index (κ2) is 8.65. The summed E-state index contributed by atoms with van der Waals surface area (Å²) in [4.78, 5) is 23.3. The van der Waals surface area contributed by atoms with Crippen LogP contribution in [-0.2, 0) is 16.0 Å². The molecule has 0 saturated carbocycles. The van der Waals surface area contributed by atoms with E-state index in [4.69, 9.17) is 21.4 Å². The molecule has 0 aliphatic carbocycles. The average molecular weight is 425 g/mol. The number of anilines is 1. The molecule has 1 unspecified atom stereocenters. The molecule has 1 atom stereocenters. The van der Waals surface area contributed by atoms with E-state index in [0.717, 1.165) is 0 Å². The summed E-state index contributed by atoms with van der Waals surface area (Å²) in [6, 6.07) is 9.34. The Morgan fingerprint density at radius 3 is 2.72 bits per heavy atom. The Labute approximate surface area is 171 Å². The van der Waals surface area contributed by atoms with Crippen molar-refractivity contribution in [1.29, 1.82) is 0 Å². The number of hydrogen-bond donors (Lipinski definition) is 1. The Morgan fingerprint density at radius 1 is 1.31 bits per heavy atom. The highest BCUT2D eigenvalue weighted by Crippen LogP contribution is 2.33. The van der Waals surface area contributed by atoms with Gasteiger partial charge in [0.2, 0.25) is 0 Å². The fourth-order valence-electron chi connectivity index (χ4n) is 3.19. The minimum absolute atomic E-state index is 0.0944. The number of amides is 1. The van der Waals surface area contributed by atoms with Crippen LogP contribution < -0.4 is 5.01 Å². The number of carbonyl (C=O) groups excluding carboxylic acids is 1. The lowest BCUT2D eigenvalue weighted by molar-refractivity contribution is -0.136. The van der Waals surface area contributed by atoms with Gasteiger partial charge in [-0.3, -0.25) is 9.80 Å². The quantitative estimate of drug-likeness (QED) is 0.705. The maximum absolute atomic E-state index is 14.7. The molecule has 1 aliphatic rings. The first-order valence-electron chi connectivity index (χ1n) is 9.01. The van der Waals surface area contributed by atoms with Crippen molar-refractivity contribution in [3.63, 3.8) is 0 Å². The third kappa shape index (κ3) is 4.42. The van der Waals surface area contributed by atoms with E-state index >= 15 is 0 Å². The van der Waals surface area contributed by atoms with Crippen LogP contribution in [0, 0.1) is 11.6 Å². The molecule has 0 radical (unpaired) electrons. The van der Waals surface area contributed by atoms with Crippen molar-refractivity contribution in [2.24, 2.45) is 0 Å². The van der Waals surface area contributed by atoms with Gasteiger partial charge in [-0.2, -0.15) is 0 Å². The Balaban J connectivity index is 1.91. The van der Waals surface area contributed by atoms with E-state index in [1.165, 1.54) is 22.2 Å². The number of ether oxygens (including phenoxy) is 1. The Hall–Kier alpha value is -2.87. The van der Waals surface area contributed by atoms with Gasteiger partial charge in [-0.1, -0.05) is 36.7 Å². The molecular formula is C20H19ClF2N2O4. The van der Waals surface area contributed by atoms with E-state index in [9.17, 15) is 18.4 Å². The second-order valence-corrected chi connectivity index (χ2v) is 7.01. The highest BCUT2D eigenvalue weighted by atomic mass is 35.5. The monoisotopic (exact) mass is 424 g/mol. The van der Waals surface area contributed by atoms with Crippen LogP contribution in [0.3, 0.4) is 0 Å². The molecule has 1 amide bonds. The van der Waals surface area contributed by atoms with Crippen molar-refractivity contribution in [1.82, 2.24) is 5.01 Å². The highest BCUT2D eigenvalue weighted by molar-refractivity contribution is 6.30. The van der Waals surface area contributed by atoms with Crippen LogP contribution in [0.4, 0.5) is 19.3 Å². The number of halogens is 3. The number of nitrogens with zero attached hydrogens (tertiary/aromatic N) is 2. The van der Waals surface area contributed by atoms with Crippen LogP contribution in [0.2, 0.25) is 5.02 Å². The Kier molecular flexibility index (Phi) is 6.22. The average Bonchev–Trinajstić information content (AvgIpc) is 3.05. The molecule has 3 rings (SSSR count). The number of cyclic esters (lactones) is 1. The fourth-order valence-corrected chi connectivity index (χ4v) is 3.39. The Morgan fingerprint density at radius 2 is 2.07 bits per heavy atom. The fraction of sp³-hybridized carbons (Fsp3) is 0.300. The van der Waals surface area contributed by atoms with Gasteiger partial charge < -0.3 is 9.84 Å². The summed E-state index contributed by atoms with van der Waals surface area (Å²) < 4.78 is 34.5. The molecule has 1 N–H and O–H groups in total. The standard InChI is InChI=1S/C20H19ClF2N2O4/c1-2-8-24(15-7-6-13(10-17(26)27)18(22)19(15)23)25-11-16(29-20(25)28)12-4-3-5-14(21)9-12/h3-7,9,16H,2,8,10-11H2,1H3,(H,26,27). The minimum atomic E-state index is -1.27. The molecule has 2 aromatic carbocycles. The summed E-state index contributed by atoms with van der Waals surface area (Å²) in [6.45, 7) is 2.15. The van der Waals surface area contributed by atoms with Crippen molar-refractivity contribution < 1.29 is 28.2 Å². The molecule has 1 fully saturated rings. The zero-order valence-corrected chi connectivity index (χ0v) is 16.3. The van der Waals surface area contributed by atoms with Crippen LogP contribution in [0.25, 0.3) is 0 Å². The maximum atomic E-state index is 14.7. The predicted molar refractivity (Wildman–Crippen MR) is 103 cm³/mol. The van der Waals surface area contributed by atoms with E-state index in [1.807, 2.05) is 6.92 Å². The molecule has 1 saturated heterocycles. The third-order valence-electron chi connectivity index (χ3n) is 4.50. The second-order valence-electron chi connectivity index (χ2n) is 6.57. The molecular weight excluding hydrogens is 406 g/mol. The van der Waals surface area contributed by atoms with Crippen LogP contribution in [0.15, 0.2) is 36.4 Å². The van der Waals surface area contributed by atoms with Crippen LogP contribution in [0.1, 0.15) is 30.6 Å². The number of hydrazine groups is 1. The zero-order chi connectivity index (χ0) is 21.1. The molecule has 6 nitrogen and oxygen atoms in total. The van der Waals surface area contributed by atoms with Gasteiger partial charge >= 0.3 is 12.1 Å². The van der Waals surface area contributed by atoms with E-state index in [0.29, 0.717) is 17.0 Å². The third-order valence-corrected chi connectivity index (χ3v) is 4.74. The zero-order valence-electron chi connectivity index (χ0n) is 15.6. The Bertz CT molecular complexity index is 941. The molecule has 2 aromatic rings. The van der Waals surface area contributed by atoms with Crippen LogP contribution >= 0.6 is 11.6 Å². The predicted octanol–water partition coefficient (Wildman–Crippen LogP) is 4.57. The van der Waals surface area contributed by atoms with Gasteiger partial charge in [0.1, 0.15) is 6.10 Å². The van der Waals surface area contributed by atoms with Gasteiger partial charge in [-0.25, -0.2) is 18.6 Å². The van der Waals surface area contributed by atoms with Crippen molar-refractivity contribution in [2.45, 2.75) is 25.9 Å². The lowest BCUT2D eigenvalue weighted by Gasteiger charge is -2.32. The highest BCUT2D eigenvalue weighted by Gasteiger charge is 2.37. The molecule has 154 valence electrons. The summed E-state index contributed by atoms with van der Waals surface area (Å²) in [7, 11) is 0. The SMILES string of the molecule is CCCN(c1ccc(CC(=O)O)c(F)c1F)N1CC(c2cccc(Cl)c2)OC1=O. The van der Waals surface area contributed by atoms with Gasteiger partial charge in [0.15, 0.2) is 11.6 Å². The van der Waals surface area contributed by atoms with E-state index in [-0.39, 0.29) is 24.3 Å². The number of rotatable bonds is 7. The van der Waals surface area contributed by atoms with Crippen molar-refractivity contribution in [3.05, 3.63) is 64.2 Å². The first kappa shape index (κ1) is 20.9. The van der Waals surface area contributed by atoms with Gasteiger partial charge in [0, 0.05) is 17.1 Å². The number of hydrogen-bond acceptors (Lipinski definition) is 4. The lowest BCUT2D eigenvalue weighted by atomic mass is 10.1. The van der Waals surface area contributed by atoms with Crippen molar-refractivity contribution >= 4 is 29.4 Å². The summed E-state index contributed by atoms with van der Waals surface area (Å²) >= 11 is 6.00. The maximum Gasteiger partial charge on any atom is 0.429 e. The summed E-state index contributed by atoms with van der Waals surface area (Å²) in [5.41, 5.74) is 0.256. The van der Waals surface area contributed by atoms with Gasteiger partial charge in [-0.05, 0) is 30.2 Å². The number of carboxylic acids is 1. The first-order chi connectivity index (χ1) is 13.8. The summed E-state index contributed by atoms with van der Waals surface area (Å²) in [5, 5.41) is 11.8. The molecule has 0 aromatic heterocycles. The topological polar surface area (TPSA) is 70.1 Å². The molecule has 0 bridgehead atoms. The summed E-state index contributed by atoms with van der Waals surface area (Å²) in [5.74, 6) is -3.73. The molecule has 29 heavy (non-hydrogen) atoms. The first-order valence-corrected chi connectivity index (χ1v) is 9.39.